The van der Waals surface area contributed by atoms with E-state index >= 15 is 0 Å². The number of thioether (sulfide) groups is 1. The summed E-state index contributed by atoms with van der Waals surface area (Å²) >= 11 is 1.53. The normalized spacial score (nSPS) is 10.7. The van der Waals surface area contributed by atoms with Gasteiger partial charge in [-0.2, -0.15) is 0 Å². The van der Waals surface area contributed by atoms with Crippen molar-refractivity contribution in [3.05, 3.63) is 66.6 Å². The predicted molar refractivity (Wildman–Crippen MR) is 92.1 cm³/mol. The van der Waals surface area contributed by atoms with Gasteiger partial charge in [0.25, 0.3) is 0 Å². The van der Waals surface area contributed by atoms with Crippen LogP contribution < -0.4 is 5.32 Å². The molecule has 116 valence electrons. The van der Waals surface area contributed by atoms with E-state index in [1.54, 1.807) is 18.3 Å². The number of pyridine rings is 1. The van der Waals surface area contributed by atoms with E-state index in [2.05, 4.69) is 10.3 Å². The molecule has 0 bridgehead atoms. The van der Waals surface area contributed by atoms with Crippen molar-refractivity contribution in [3.8, 4) is 0 Å². The summed E-state index contributed by atoms with van der Waals surface area (Å²) in [5.74, 6) is 0.323. The summed E-state index contributed by atoms with van der Waals surface area (Å²) in [4.78, 5) is 17.4. The maximum Gasteiger partial charge on any atom is 0.225 e. The molecule has 0 unspecified atom stereocenters. The number of fused-ring (bicyclic) bond motifs is 1. The zero-order valence-electron chi connectivity index (χ0n) is 12.3. The van der Waals surface area contributed by atoms with Crippen LogP contribution in [-0.4, -0.2) is 16.6 Å². The summed E-state index contributed by atoms with van der Waals surface area (Å²) in [7, 11) is 0. The number of para-hydroxylation sites is 1. The summed E-state index contributed by atoms with van der Waals surface area (Å²) in [6.45, 7) is 0. The van der Waals surface area contributed by atoms with E-state index in [1.807, 2.05) is 30.3 Å². The molecule has 0 saturated heterocycles. The highest BCUT2D eigenvalue weighted by atomic mass is 32.2. The molecule has 0 aliphatic rings. The maximum atomic E-state index is 12.8. The quantitative estimate of drug-likeness (QED) is 0.702. The molecule has 0 radical (unpaired) electrons. The molecule has 3 rings (SSSR count). The van der Waals surface area contributed by atoms with Crippen LogP contribution in [-0.2, 0) is 4.79 Å². The van der Waals surface area contributed by atoms with Crippen LogP contribution in [0, 0.1) is 5.82 Å². The first-order valence-electron chi connectivity index (χ1n) is 7.24. The molecule has 3 nitrogen and oxygen atoms in total. The topological polar surface area (TPSA) is 42.0 Å². The fourth-order valence-corrected chi connectivity index (χ4v) is 3.06. The first-order chi connectivity index (χ1) is 11.2. The minimum Gasteiger partial charge on any atom is -0.324 e. The molecular weight excluding hydrogens is 311 g/mol. The molecule has 2 aromatic carbocycles. The minimum absolute atomic E-state index is 0.0576. The number of carbonyl (C=O) groups is 1. The Kier molecular flexibility index (Phi) is 4.88. The highest BCUT2D eigenvalue weighted by Gasteiger charge is 2.07. The lowest BCUT2D eigenvalue weighted by molar-refractivity contribution is -0.115. The van der Waals surface area contributed by atoms with E-state index < -0.39 is 0 Å². The van der Waals surface area contributed by atoms with Gasteiger partial charge < -0.3 is 5.32 Å². The predicted octanol–water partition coefficient (Wildman–Crippen LogP) is 4.49. The lowest BCUT2D eigenvalue weighted by Gasteiger charge is -2.08. The van der Waals surface area contributed by atoms with Gasteiger partial charge in [-0.3, -0.25) is 9.78 Å². The molecule has 0 atom stereocenters. The Morgan fingerprint density at radius 2 is 1.87 bits per heavy atom. The molecule has 23 heavy (non-hydrogen) atoms. The third-order valence-corrected chi connectivity index (χ3v) is 4.33. The number of nitrogens with one attached hydrogen (secondary N) is 1. The third kappa shape index (κ3) is 4.07. The van der Waals surface area contributed by atoms with E-state index in [4.69, 9.17) is 0 Å². The lowest BCUT2D eigenvalue weighted by atomic mass is 10.2. The highest BCUT2D eigenvalue weighted by molar-refractivity contribution is 7.99. The fraction of sp³-hybridized carbons (Fsp3) is 0.111. The van der Waals surface area contributed by atoms with Gasteiger partial charge in [-0.25, -0.2) is 4.39 Å². The zero-order valence-corrected chi connectivity index (χ0v) is 13.1. The van der Waals surface area contributed by atoms with Crippen LogP contribution in [0.1, 0.15) is 6.42 Å². The molecule has 1 N–H and O–H groups in total. The number of aromatic nitrogens is 1. The summed E-state index contributed by atoms with van der Waals surface area (Å²) in [5, 5.41) is 3.90. The monoisotopic (exact) mass is 326 g/mol. The van der Waals surface area contributed by atoms with Crippen molar-refractivity contribution in [3.63, 3.8) is 0 Å². The first kappa shape index (κ1) is 15.5. The van der Waals surface area contributed by atoms with Crippen LogP contribution in [0.15, 0.2) is 65.7 Å². The summed E-state index contributed by atoms with van der Waals surface area (Å²) in [5.41, 5.74) is 1.51. The van der Waals surface area contributed by atoms with Gasteiger partial charge in [0, 0.05) is 28.7 Å². The fourth-order valence-electron chi connectivity index (χ4n) is 2.21. The number of hydrogen-bond acceptors (Lipinski definition) is 3. The number of benzene rings is 2. The molecule has 5 heteroatoms. The van der Waals surface area contributed by atoms with Gasteiger partial charge in [0.15, 0.2) is 0 Å². The van der Waals surface area contributed by atoms with Gasteiger partial charge in [0.2, 0.25) is 5.91 Å². The Morgan fingerprint density at radius 1 is 1.09 bits per heavy atom. The van der Waals surface area contributed by atoms with Crippen LogP contribution in [0.3, 0.4) is 0 Å². The van der Waals surface area contributed by atoms with E-state index in [-0.39, 0.29) is 11.7 Å². The number of rotatable bonds is 5. The van der Waals surface area contributed by atoms with Gasteiger partial charge in [-0.05, 0) is 36.4 Å². The van der Waals surface area contributed by atoms with Gasteiger partial charge in [-0.15, -0.1) is 11.8 Å². The van der Waals surface area contributed by atoms with E-state index in [9.17, 15) is 9.18 Å². The second-order valence-corrected chi connectivity index (χ2v) is 6.15. The molecule has 1 amide bonds. The summed E-state index contributed by atoms with van der Waals surface area (Å²) in [6.07, 6.45) is 2.09. The second-order valence-electron chi connectivity index (χ2n) is 4.98. The Balaban J connectivity index is 1.57. The molecule has 3 aromatic rings. The SMILES string of the molecule is O=C(CCSc1ccc(F)cc1)Nc1cccc2cccnc12. The lowest BCUT2D eigenvalue weighted by Crippen LogP contribution is -2.12. The van der Waals surface area contributed by atoms with Gasteiger partial charge >= 0.3 is 0 Å². The van der Waals surface area contributed by atoms with Crippen molar-refractivity contribution in [2.24, 2.45) is 0 Å². The molecule has 0 aliphatic heterocycles. The van der Waals surface area contributed by atoms with Gasteiger partial charge in [0.1, 0.15) is 5.82 Å². The van der Waals surface area contributed by atoms with Gasteiger partial charge in [-0.1, -0.05) is 18.2 Å². The molecule has 0 spiro atoms. The summed E-state index contributed by atoms with van der Waals surface area (Å²) in [6, 6.07) is 15.8. The zero-order chi connectivity index (χ0) is 16.1. The van der Waals surface area contributed by atoms with Gasteiger partial charge in [0.05, 0.1) is 11.2 Å². The third-order valence-electron chi connectivity index (χ3n) is 3.32. The molecular formula is C18H15FN2OS. The largest absolute Gasteiger partial charge is 0.324 e. The number of halogens is 1. The van der Waals surface area contributed by atoms with E-state index in [1.165, 1.54) is 23.9 Å². The van der Waals surface area contributed by atoms with Crippen molar-refractivity contribution in [2.75, 3.05) is 11.1 Å². The first-order valence-corrected chi connectivity index (χ1v) is 8.23. The molecule has 1 heterocycles. The molecule has 0 fully saturated rings. The average Bonchev–Trinajstić information content (AvgIpc) is 2.57. The number of carbonyl (C=O) groups excluding carboxylic acids is 1. The Labute approximate surface area is 137 Å². The van der Waals surface area contributed by atoms with Crippen molar-refractivity contribution in [1.82, 2.24) is 4.98 Å². The van der Waals surface area contributed by atoms with Crippen molar-refractivity contribution >= 4 is 34.3 Å². The van der Waals surface area contributed by atoms with Crippen LogP contribution in [0.2, 0.25) is 0 Å². The minimum atomic E-state index is -0.254. The van der Waals surface area contributed by atoms with Crippen LogP contribution >= 0.6 is 11.8 Å². The van der Waals surface area contributed by atoms with E-state index in [0.717, 1.165) is 21.5 Å². The second kappa shape index (κ2) is 7.24. The number of nitrogens with zero attached hydrogens (tertiary/aromatic N) is 1. The van der Waals surface area contributed by atoms with Crippen molar-refractivity contribution in [2.45, 2.75) is 11.3 Å². The Morgan fingerprint density at radius 3 is 2.70 bits per heavy atom. The number of anilines is 1. The van der Waals surface area contributed by atoms with Crippen LogP contribution in [0.25, 0.3) is 10.9 Å². The standard InChI is InChI=1S/C18H15FN2OS/c19-14-6-8-15(9-7-14)23-12-10-17(22)21-16-5-1-3-13-4-2-11-20-18(13)16/h1-9,11H,10,12H2,(H,21,22). The Bertz CT molecular complexity index is 815. The number of amides is 1. The van der Waals surface area contributed by atoms with Crippen LogP contribution in [0.4, 0.5) is 10.1 Å². The van der Waals surface area contributed by atoms with Crippen LogP contribution in [0.5, 0.6) is 0 Å². The molecule has 0 aliphatic carbocycles. The average molecular weight is 326 g/mol. The van der Waals surface area contributed by atoms with Crippen molar-refractivity contribution in [1.29, 1.82) is 0 Å². The van der Waals surface area contributed by atoms with E-state index in [0.29, 0.717) is 12.2 Å². The Hall–Kier alpha value is -2.40. The molecule has 0 saturated carbocycles. The summed E-state index contributed by atoms with van der Waals surface area (Å²) < 4.78 is 12.8. The smallest absolute Gasteiger partial charge is 0.225 e. The number of hydrogen-bond donors (Lipinski definition) is 1. The maximum absolute atomic E-state index is 12.8. The van der Waals surface area contributed by atoms with Crippen molar-refractivity contribution < 1.29 is 9.18 Å². The highest BCUT2D eigenvalue weighted by Crippen LogP contribution is 2.22. The molecule has 1 aromatic heterocycles.